The molecule has 1 N–H and O–H groups in total. The second-order valence-electron chi connectivity index (χ2n) is 8.22. The van der Waals surface area contributed by atoms with Crippen LogP contribution in [-0.2, 0) is 6.42 Å². The molecular weight excluding hydrogens is 525 g/mol. The van der Waals surface area contributed by atoms with Crippen molar-refractivity contribution in [2.24, 2.45) is 4.99 Å². The molecule has 178 valence electrons. The zero-order valence-electron chi connectivity index (χ0n) is 19.9. The number of piperazine rings is 1. The lowest BCUT2D eigenvalue weighted by molar-refractivity contribution is 0.0827. The first-order chi connectivity index (χ1) is 15.6. The normalized spacial score (nSPS) is 14.8. The maximum Gasteiger partial charge on any atom is 0.253 e. The molecule has 3 rings (SSSR count). The number of nitrogens with one attached hydrogen (secondary N) is 1. The summed E-state index contributed by atoms with van der Waals surface area (Å²) in [4.78, 5) is 23.0. The van der Waals surface area contributed by atoms with Crippen molar-refractivity contribution in [3.63, 3.8) is 0 Å². The van der Waals surface area contributed by atoms with E-state index in [0.717, 1.165) is 62.8 Å². The topological polar surface area (TPSA) is 51.2 Å². The maximum atomic E-state index is 12.2. The Kier molecular flexibility index (Phi) is 11.4. The molecular formula is C26H36IN5O. The van der Waals surface area contributed by atoms with E-state index in [9.17, 15) is 4.79 Å². The van der Waals surface area contributed by atoms with Crippen molar-refractivity contribution in [2.45, 2.75) is 6.42 Å². The molecule has 1 aliphatic heterocycles. The SMILES string of the molecule is CN=C(NCCc1cccc(C(=O)N(C)C)c1)N1CCN(C/C=C/c2ccccc2)CC1.I. The molecule has 1 aliphatic rings. The highest BCUT2D eigenvalue weighted by atomic mass is 127. The van der Waals surface area contributed by atoms with Gasteiger partial charge in [-0.15, -0.1) is 24.0 Å². The van der Waals surface area contributed by atoms with Crippen LogP contribution in [0.1, 0.15) is 21.5 Å². The van der Waals surface area contributed by atoms with Crippen molar-refractivity contribution in [1.82, 2.24) is 20.0 Å². The van der Waals surface area contributed by atoms with Crippen molar-refractivity contribution >= 4 is 41.9 Å². The molecule has 0 radical (unpaired) electrons. The quantitative estimate of drug-likeness (QED) is 0.320. The number of benzene rings is 2. The predicted octanol–water partition coefficient (Wildman–Crippen LogP) is 3.46. The highest BCUT2D eigenvalue weighted by Gasteiger charge is 2.18. The average molecular weight is 562 g/mol. The first kappa shape index (κ1) is 26.9. The van der Waals surface area contributed by atoms with Crippen LogP contribution in [0.15, 0.2) is 65.7 Å². The van der Waals surface area contributed by atoms with Gasteiger partial charge in [-0.1, -0.05) is 54.6 Å². The number of hydrogen-bond donors (Lipinski definition) is 1. The van der Waals surface area contributed by atoms with Crippen LogP contribution in [0.2, 0.25) is 0 Å². The molecule has 1 saturated heterocycles. The first-order valence-corrected chi connectivity index (χ1v) is 11.3. The van der Waals surface area contributed by atoms with Crippen LogP contribution in [0.4, 0.5) is 0 Å². The minimum Gasteiger partial charge on any atom is -0.356 e. The number of halogens is 1. The number of carbonyl (C=O) groups excluding carboxylic acids is 1. The molecule has 0 saturated carbocycles. The lowest BCUT2D eigenvalue weighted by atomic mass is 10.1. The Morgan fingerprint density at radius 3 is 2.45 bits per heavy atom. The smallest absolute Gasteiger partial charge is 0.253 e. The van der Waals surface area contributed by atoms with E-state index in [-0.39, 0.29) is 29.9 Å². The summed E-state index contributed by atoms with van der Waals surface area (Å²) in [6.07, 6.45) is 5.28. The minimum absolute atomic E-state index is 0. The van der Waals surface area contributed by atoms with E-state index < -0.39 is 0 Å². The third-order valence-electron chi connectivity index (χ3n) is 5.63. The highest BCUT2D eigenvalue weighted by Crippen LogP contribution is 2.09. The number of aliphatic imine (C=N–C) groups is 1. The molecule has 0 bridgehead atoms. The molecule has 0 aliphatic carbocycles. The molecule has 6 nitrogen and oxygen atoms in total. The van der Waals surface area contributed by atoms with Crippen LogP contribution in [-0.4, -0.2) is 87.0 Å². The molecule has 0 aromatic heterocycles. The first-order valence-electron chi connectivity index (χ1n) is 11.3. The van der Waals surface area contributed by atoms with Gasteiger partial charge >= 0.3 is 0 Å². The third-order valence-corrected chi connectivity index (χ3v) is 5.63. The number of hydrogen-bond acceptors (Lipinski definition) is 3. The van der Waals surface area contributed by atoms with Crippen LogP contribution in [0.25, 0.3) is 6.08 Å². The van der Waals surface area contributed by atoms with Crippen LogP contribution in [0, 0.1) is 0 Å². The monoisotopic (exact) mass is 561 g/mol. The lowest BCUT2D eigenvalue weighted by Gasteiger charge is -2.36. The molecule has 1 fully saturated rings. The summed E-state index contributed by atoms with van der Waals surface area (Å²) in [5, 5.41) is 3.49. The summed E-state index contributed by atoms with van der Waals surface area (Å²) in [6.45, 7) is 5.73. The Bertz CT molecular complexity index is 921. The highest BCUT2D eigenvalue weighted by molar-refractivity contribution is 14.0. The van der Waals surface area contributed by atoms with Crippen LogP contribution in [0.5, 0.6) is 0 Å². The molecule has 1 amide bonds. The zero-order valence-corrected chi connectivity index (χ0v) is 22.2. The summed E-state index contributed by atoms with van der Waals surface area (Å²) >= 11 is 0. The van der Waals surface area contributed by atoms with E-state index in [1.165, 1.54) is 5.56 Å². The zero-order chi connectivity index (χ0) is 22.8. The number of rotatable bonds is 7. The van der Waals surface area contributed by atoms with Gasteiger partial charge < -0.3 is 15.1 Å². The second kappa shape index (κ2) is 14.0. The fraction of sp³-hybridized carbons (Fsp3) is 0.385. The van der Waals surface area contributed by atoms with Crippen molar-refractivity contribution < 1.29 is 4.79 Å². The molecule has 0 spiro atoms. The number of nitrogens with zero attached hydrogens (tertiary/aromatic N) is 4. The lowest BCUT2D eigenvalue weighted by Crippen LogP contribution is -2.52. The van der Waals surface area contributed by atoms with Crippen molar-refractivity contribution in [3.05, 3.63) is 77.4 Å². The van der Waals surface area contributed by atoms with Gasteiger partial charge in [0.05, 0.1) is 0 Å². The van der Waals surface area contributed by atoms with Gasteiger partial charge in [0.1, 0.15) is 0 Å². The number of amides is 1. The van der Waals surface area contributed by atoms with E-state index in [1.807, 2.05) is 31.3 Å². The van der Waals surface area contributed by atoms with Crippen molar-refractivity contribution in [1.29, 1.82) is 0 Å². The predicted molar refractivity (Wildman–Crippen MR) is 148 cm³/mol. The van der Waals surface area contributed by atoms with Crippen LogP contribution < -0.4 is 5.32 Å². The Hall–Kier alpha value is -2.39. The third kappa shape index (κ3) is 8.47. The average Bonchev–Trinajstić information content (AvgIpc) is 2.83. The fourth-order valence-electron chi connectivity index (χ4n) is 3.81. The molecule has 0 unspecified atom stereocenters. The Balaban J connectivity index is 0.00000385. The largest absolute Gasteiger partial charge is 0.356 e. The van der Waals surface area contributed by atoms with Gasteiger partial charge in [-0.25, -0.2) is 0 Å². The number of guanidine groups is 1. The van der Waals surface area contributed by atoms with Crippen molar-refractivity contribution in [2.75, 3.05) is 60.4 Å². The van der Waals surface area contributed by atoms with Crippen LogP contribution in [0.3, 0.4) is 0 Å². The molecule has 0 atom stereocenters. The van der Waals surface area contributed by atoms with Crippen LogP contribution >= 0.6 is 24.0 Å². The maximum absolute atomic E-state index is 12.2. The molecule has 1 heterocycles. The molecule has 33 heavy (non-hydrogen) atoms. The van der Waals surface area contributed by atoms with Gasteiger partial charge in [0.25, 0.3) is 5.91 Å². The van der Waals surface area contributed by atoms with Gasteiger partial charge in [-0.05, 0) is 29.7 Å². The summed E-state index contributed by atoms with van der Waals surface area (Å²) < 4.78 is 0. The van der Waals surface area contributed by atoms with Gasteiger partial charge in [-0.2, -0.15) is 0 Å². The Morgan fingerprint density at radius 1 is 1.06 bits per heavy atom. The molecule has 2 aromatic carbocycles. The number of carbonyl (C=O) groups is 1. The standard InChI is InChI=1S/C26H35N5O.HI/c1-27-26(28-15-14-23-11-7-13-24(21-23)25(32)29(2)3)31-19-17-30(18-20-31)16-8-12-22-9-5-4-6-10-22;/h4-13,21H,14-20H2,1-3H3,(H,27,28);1H/b12-8+;. The summed E-state index contributed by atoms with van der Waals surface area (Å²) in [5.41, 5.74) is 3.12. The molecule has 7 heteroatoms. The van der Waals surface area contributed by atoms with E-state index >= 15 is 0 Å². The van der Waals surface area contributed by atoms with Crippen molar-refractivity contribution in [3.8, 4) is 0 Å². The fourth-order valence-corrected chi connectivity index (χ4v) is 3.81. The van der Waals surface area contributed by atoms with E-state index in [4.69, 9.17) is 0 Å². The summed E-state index contributed by atoms with van der Waals surface area (Å²) in [5.74, 6) is 0.983. The second-order valence-corrected chi connectivity index (χ2v) is 8.22. The summed E-state index contributed by atoms with van der Waals surface area (Å²) in [7, 11) is 5.40. The van der Waals surface area contributed by atoms with Gasteiger partial charge in [-0.3, -0.25) is 14.7 Å². The van der Waals surface area contributed by atoms with Gasteiger partial charge in [0.15, 0.2) is 5.96 Å². The minimum atomic E-state index is 0. The van der Waals surface area contributed by atoms with Gasteiger partial charge in [0.2, 0.25) is 0 Å². The summed E-state index contributed by atoms with van der Waals surface area (Å²) in [6, 6.07) is 18.3. The van der Waals surface area contributed by atoms with Gasteiger partial charge in [0, 0.05) is 66.0 Å². The Morgan fingerprint density at radius 2 is 1.79 bits per heavy atom. The van der Waals surface area contributed by atoms with E-state index in [2.05, 4.69) is 62.6 Å². The van der Waals surface area contributed by atoms with E-state index in [0.29, 0.717) is 0 Å². The Labute approximate surface area is 215 Å². The van der Waals surface area contributed by atoms with E-state index in [1.54, 1.807) is 19.0 Å². The molecule has 2 aromatic rings.